The molecule has 4 heteroatoms. The van der Waals surface area contributed by atoms with E-state index in [1.165, 1.54) is 12.8 Å². The molecule has 0 aliphatic heterocycles. The van der Waals surface area contributed by atoms with Gasteiger partial charge in [-0.05, 0) is 50.8 Å². The molecule has 118 valence electrons. The van der Waals surface area contributed by atoms with E-state index in [1.54, 1.807) is 6.07 Å². The SMILES string of the molecule is CCN(C(=O)c1cccc(NC(=O)C2CC2)c1)C1CCCC1. The van der Waals surface area contributed by atoms with E-state index in [4.69, 9.17) is 0 Å². The van der Waals surface area contributed by atoms with E-state index < -0.39 is 0 Å². The summed E-state index contributed by atoms with van der Waals surface area (Å²) >= 11 is 0. The smallest absolute Gasteiger partial charge is 0.254 e. The highest BCUT2D eigenvalue weighted by Gasteiger charge is 2.30. The topological polar surface area (TPSA) is 49.4 Å². The lowest BCUT2D eigenvalue weighted by Crippen LogP contribution is -2.38. The van der Waals surface area contributed by atoms with Crippen molar-refractivity contribution in [1.82, 2.24) is 4.90 Å². The number of nitrogens with zero attached hydrogens (tertiary/aromatic N) is 1. The molecule has 0 saturated heterocycles. The van der Waals surface area contributed by atoms with Gasteiger partial charge in [-0.2, -0.15) is 0 Å². The number of anilines is 1. The van der Waals surface area contributed by atoms with Crippen LogP contribution in [-0.2, 0) is 4.79 Å². The van der Waals surface area contributed by atoms with Crippen LogP contribution in [0.15, 0.2) is 24.3 Å². The van der Waals surface area contributed by atoms with Crippen molar-refractivity contribution in [2.75, 3.05) is 11.9 Å². The van der Waals surface area contributed by atoms with E-state index in [1.807, 2.05) is 30.0 Å². The van der Waals surface area contributed by atoms with E-state index in [9.17, 15) is 9.59 Å². The molecule has 22 heavy (non-hydrogen) atoms. The van der Waals surface area contributed by atoms with E-state index >= 15 is 0 Å². The third kappa shape index (κ3) is 3.32. The van der Waals surface area contributed by atoms with Gasteiger partial charge in [0.1, 0.15) is 0 Å². The summed E-state index contributed by atoms with van der Waals surface area (Å²) in [5.41, 5.74) is 1.40. The van der Waals surface area contributed by atoms with Crippen LogP contribution in [0.1, 0.15) is 55.8 Å². The third-order valence-electron chi connectivity index (χ3n) is 4.69. The van der Waals surface area contributed by atoms with E-state index in [-0.39, 0.29) is 17.7 Å². The average Bonchev–Trinajstić information content (AvgIpc) is 3.25. The van der Waals surface area contributed by atoms with Gasteiger partial charge in [0.25, 0.3) is 5.91 Å². The van der Waals surface area contributed by atoms with Crippen LogP contribution in [0.25, 0.3) is 0 Å². The molecular formula is C18H24N2O2. The maximum Gasteiger partial charge on any atom is 0.254 e. The van der Waals surface area contributed by atoms with Crippen molar-refractivity contribution in [2.45, 2.75) is 51.5 Å². The Morgan fingerprint density at radius 2 is 1.91 bits per heavy atom. The number of nitrogens with one attached hydrogen (secondary N) is 1. The van der Waals surface area contributed by atoms with Crippen LogP contribution < -0.4 is 5.32 Å². The molecule has 2 aliphatic rings. The Labute approximate surface area is 131 Å². The number of rotatable bonds is 5. The lowest BCUT2D eigenvalue weighted by atomic mass is 10.1. The maximum absolute atomic E-state index is 12.8. The fourth-order valence-corrected chi connectivity index (χ4v) is 3.27. The summed E-state index contributed by atoms with van der Waals surface area (Å²) in [6.07, 6.45) is 6.61. The molecule has 2 fully saturated rings. The zero-order chi connectivity index (χ0) is 15.5. The minimum atomic E-state index is 0.0766. The van der Waals surface area contributed by atoms with Crippen molar-refractivity contribution < 1.29 is 9.59 Å². The number of benzene rings is 1. The monoisotopic (exact) mass is 300 g/mol. The molecule has 0 unspecified atom stereocenters. The lowest BCUT2D eigenvalue weighted by Gasteiger charge is -2.28. The third-order valence-corrected chi connectivity index (χ3v) is 4.69. The Bertz CT molecular complexity index is 560. The van der Waals surface area contributed by atoms with E-state index in [0.29, 0.717) is 11.6 Å². The fraction of sp³-hybridized carbons (Fsp3) is 0.556. The van der Waals surface area contributed by atoms with Gasteiger partial charge in [0.05, 0.1) is 0 Å². The van der Waals surface area contributed by atoms with Gasteiger partial charge >= 0.3 is 0 Å². The van der Waals surface area contributed by atoms with Crippen LogP contribution in [0, 0.1) is 5.92 Å². The molecule has 1 aromatic carbocycles. The highest BCUT2D eigenvalue weighted by molar-refractivity contribution is 5.98. The van der Waals surface area contributed by atoms with Crippen LogP contribution in [0.3, 0.4) is 0 Å². The average molecular weight is 300 g/mol. The molecule has 0 heterocycles. The van der Waals surface area contributed by atoms with Crippen molar-refractivity contribution in [3.63, 3.8) is 0 Å². The Kier molecular flexibility index (Phi) is 4.46. The molecule has 2 amide bonds. The molecule has 0 spiro atoms. The van der Waals surface area contributed by atoms with Gasteiger partial charge in [-0.1, -0.05) is 18.9 Å². The summed E-state index contributed by atoms with van der Waals surface area (Å²) in [6.45, 7) is 2.77. The van der Waals surface area contributed by atoms with Gasteiger partial charge in [-0.3, -0.25) is 9.59 Å². The second-order valence-corrected chi connectivity index (χ2v) is 6.37. The van der Waals surface area contributed by atoms with Crippen LogP contribution >= 0.6 is 0 Å². The van der Waals surface area contributed by atoms with Gasteiger partial charge in [-0.15, -0.1) is 0 Å². The molecule has 4 nitrogen and oxygen atoms in total. The van der Waals surface area contributed by atoms with Gasteiger partial charge in [-0.25, -0.2) is 0 Å². The van der Waals surface area contributed by atoms with E-state index in [2.05, 4.69) is 5.32 Å². The highest BCUT2D eigenvalue weighted by atomic mass is 16.2. The first-order valence-corrected chi connectivity index (χ1v) is 8.41. The Morgan fingerprint density at radius 3 is 2.55 bits per heavy atom. The van der Waals surface area contributed by atoms with Crippen LogP contribution in [-0.4, -0.2) is 29.3 Å². The molecule has 0 atom stereocenters. The molecule has 1 N–H and O–H groups in total. The molecule has 0 bridgehead atoms. The van der Waals surface area contributed by atoms with Crippen molar-refractivity contribution in [3.8, 4) is 0 Å². The molecular weight excluding hydrogens is 276 g/mol. The summed E-state index contributed by atoms with van der Waals surface area (Å²) in [7, 11) is 0. The first-order chi connectivity index (χ1) is 10.7. The van der Waals surface area contributed by atoms with Gasteiger partial charge < -0.3 is 10.2 Å². The maximum atomic E-state index is 12.8. The number of hydrogen-bond acceptors (Lipinski definition) is 2. The number of hydrogen-bond donors (Lipinski definition) is 1. The van der Waals surface area contributed by atoms with Crippen molar-refractivity contribution >= 4 is 17.5 Å². The van der Waals surface area contributed by atoms with Gasteiger partial charge in [0.15, 0.2) is 0 Å². The lowest BCUT2D eigenvalue weighted by molar-refractivity contribution is -0.117. The quantitative estimate of drug-likeness (QED) is 0.905. The zero-order valence-electron chi connectivity index (χ0n) is 13.2. The van der Waals surface area contributed by atoms with Crippen molar-refractivity contribution in [1.29, 1.82) is 0 Å². The second kappa shape index (κ2) is 6.51. The fourth-order valence-electron chi connectivity index (χ4n) is 3.27. The van der Waals surface area contributed by atoms with Crippen molar-refractivity contribution in [3.05, 3.63) is 29.8 Å². The Hall–Kier alpha value is -1.84. The minimum Gasteiger partial charge on any atom is -0.336 e. The Balaban J connectivity index is 1.72. The predicted molar refractivity (Wildman–Crippen MR) is 86.8 cm³/mol. The van der Waals surface area contributed by atoms with Gasteiger partial charge in [0, 0.05) is 29.8 Å². The minimum absolute atomic E-state index is 0.0766. The van der Waals surface area contributed by atoms with Crippen LogP contribution in [0.2, 0.25) is 0 Å². The molecule has 1 aromatic rings. The normalized spacial score (nSPS) is 18.2. The molecule has 0 radical (unpaired) electrons. The standard InChI is InChI=1S/C18H24N2O2/c1-2-20(16-8-3-4-9-16)18(22)14-6-5-7-15(12-14)19-17(21)13-10-11-13/h5-7,12-13,16H,2-4,8-11H2,1H3,(H,19,21). The number of carbonyl (C=O) groups excluding carboxylic acids is 2. The predicted octanol–water partition coefficient (Wildman–Crippen LogP) is 3.44. The molecule has 0 aromatic heterocycles. The van der Waals surface area contributed by atoms with E-state index in [0.717, 1.165) is 37.9 Å². The Morgan fingerprint density at radius 1 is 1.18 bits per heavy atom. The summed E-state index contributed by atoms with van der Waals surface area (Å²) in [6, 6.07) is 7.72. The summed E-state index contributed by atoms with van der Waals surface area (Å²) < 4.78 is 0. The number of amides is 2. The molecule has 2 saturated carbocycles. The summed E-state index contributed by atoms with van der Waals surface area (Å²) in [5, 5.41) is 2.92. The molecule has 3 rings (SSSR count). The van der Waals surface area contributed by atoms with Crippen LogP contribution in [0.4, 0.5) is 5.69 Å². The highest BCUT2D eigenvalue weighted by Crippen LogP contribution is 2.30. The number of carbonyl (C=O) groups is 2. The molecule has 2 aliphatic carbocycles. The van der Waals surface area contributed by atoms with Gasteiger partial charge in [0.2, 0.25) is 5.91 Å². The van der Waals surface area contributed by atoms with Crippen LogP contribution in [0.5, 0.6) is 0 Å². The largest absolute Gasteiger partial charge is 0.336 e. The van der Waals surface area contributed by atoms with Crippen molar-refractivity contribution in [2.24, 2.45) is 5.92 Å². The summed E-state index contributed by atoms with van der Waals surface area (Å²) in [4.78, 5) is 26.6. The zero-order valence-corrected chi connectivity index (χ0v) is 13.2. The first-order valence-electron chi connectivity index (χ1n) is 8.41. The first kappa shape index (κ1) is 15.1. The summed E-state index contributed by atoms with van der Waals surface area (Å²) in [5.74, 6) is 0.328. The second-order valence-electron chi connectivity index (χ2n) is 6.37.